The largest absolute Gasteiger partial charge is 0.456 e. The highest BCUT2D eigenvalue weighted by Gasteiger charge is 2.25. The zero-order valence-electron chi connectivity index (χ0n) is 26.5. The fraction of sp³-hybridized carbons (Fsp3) is 0. The minimum absolute atomic E-state index is 0.828. The maximum absolute atomic E-state index is 6.99. The molecule has 0 aliphatic heterocycles. The van der Waals surface area contributed by atoms with Crippen molar-refractivity contribution in [2.24, 2.45) is 0 Å². The van der Waals surface area contributed by atoms with E-state index in [-0.39, 0.29) is 0 Å². The first-order valence-electron chi connectivity index (χ1n) is 16.6. The summed E-state index contributed by atoms with van der Waals surface area (Å²) in [5, 5.41) is 6.66. The van der Waals surface area contributed by atoms with Gasteiger partial charge in [-0.3, -0.25) is 0 Å². The molecule has 3 nitrogen and oxygen atoms in total. The lowest BCUT2D eigenvalue weighted by molar-refractivity contribution is 0.663. The summed E-state index contributed by atoms with van der Waals surface area (Å²) in [4.78, 5) is 2.36. The molecule has 0 aliphatic carbocycles. The predicted octanol–water partition coefficient (Wildman–Crippen LogP) is 13.4. The summed E-state index contributed by atoms with van der Waals surface area (Å²) in [6, 6.07) is 62.0. The maximum atomic E-state index is 6.99. The number of benzene rings is 8. The van der Waals surface area contributed by atoms with Crippen molar-refractivity contribution in [3.05, 3.63) is 176 Å². The number of fused-ring (bicyclic) bond motifs is 8. The Bertz CT molecular complexity index is 2810. The molecule has 2 heterocycles. The van der Waals surface area contributed by atoms with E-state index in [4.69, 9.17) is 8.83 Å². The summed E-state index contributed by atoms with van der Waals surface area (Å²) in [5.74, 6) is 0. The van der Waals surface area contributed by atoms with Gasteiger partial charge >= 0.3 is 0 Å². The molecule has 0 fully saturated rings. The number of rotatable bonds is 5. The highest BCUT2D eigenvalue weighted by molar-refractivity contribution is 6.27. The second-order valence-electron chi connectivity index (χ2n) is 12.5. The van der Waals surface area contributed by atoms with E-state index < -0.39 is 0 Å². The molecule has 2 aromatic heterocycles. The van der Waals surface area contributed by atoms with E-state index in [9.17, 15) is 0 Å². The quantitative estimate of drug-likeness (QED) is 0.190. The molecule has 0 spiro atoms. The molecule has 0 unspecified atom stereocenters. The first kappa shape index (κ1) is 27.5. The van der Waals surface area contributed by atoms with Crippen LogP contribution in [0, 0.1) is 0 Å². The number of hydrogen-bond donors (Lipinski definition) is 0. The molecule has 0 radical (unpaired) electrons. The lowest BCUT2D eigenvalue weighted by Crippen LogP contribution is -2.11. The first-order chi connectivity index (χ1) is 24.3. The van der Waals surface area contributed by atoms with Gasteiger partial charge in [0.2, 0.25) is 0 Å². The average Bonchev–Trinajstić information content (AvgIpc) is 3.74. The summed E-state index contributed by atoms with van der Waals surface area (Å²) in [6.07, 6.45) is 0. The first-order valence-corrected chi connectivity index (χ1v) is 16.6. The van der Waals surface area contributed by atoms with E-state index in [0.29, 0.717) is 0 Å². The van der Waals surface area contributed by atoms with Crippen LogP contribution in [0.25, 0.3) is 76.9 Å². The number of para-hydroxylation sites is 1. The molecule has 0 saturated carbocycles. The Kier molecular flexibility index (Phi) is 6.18. The molecule has 230 valence electrons. The van der Waals surface area contributed by atoms with Crippen LogP contribution in [0.2, 0.25) is 0 Å². The Hall–Kier alpha value is -6.58. The van der Waals surface area contributed by atoms with Gasteiger partial charge in [0.25, 0.3) is 0 Å². The number of furan rings is 2. The van der Waals surface area contributed by atoms with E-state index >= 15 is 0 Å². The lowest BCUT2D eigenvalue weighted by atomic mass is 9.97. The molecular formula is C46H29NO2. The van der Waals surface area contributed by atoms with Crippen LogP contribution in [-0.2, 0) is 0 Å². The molecule has 0 bridgehead atoms. The van der Waals surface area contributed by atoms with Gasteiger partial charge in [0.15, 0.2) is 5.58 Å². The van der Waals surface area contributed by atoms with E-state index in [1.54, 1.807) is 0 Å². The minimum atomic E-state index is 0.828. The highest BCUT2D eigenvalue weighted by Crippen LogP contribution is 2.49. The van der Waals surface area contributed by atoms with Crippen LogP contribution >= 0.6 is 0 Å². The monoisotopic (exact) mass is 627 g/mol. The Morgan fingerprint density at radius 3 is 1.78 bits per heavy atom. The van der Waals surface area contributed by atoms with Gasteiger partial charge in [-0.15, -0.1) is 0 Å². The molecule has 10 rings (SSSR count). The standard InChI is InChI=1S/C46H29NO2/c1-3-11-30(12-4-1)32-19-22-35(23-20-32)47(36-24-21-31-13-7-8-16-34(31)29-36)45-37(33-14-5-2-6-15-33)25-26-39-44-42(49-46(39)45)28-27-41-43(44)38-17-9-10-18-40(38)48-41/h1-29H. The molecular weight excluding hydrogens is 599 g/mol. The Labute approximate surface area is 282 Å². The van der Waals surface area contributed by atoms with Crippen molar-refractivity contribution in [2.45, 2.75) is 0 Å². The number of hydrogen-bond acceptors (Lipinski definition) is 3. The summed E-state index contributed by atoms with van der Waals surface area (Å²) >= 11 is 0. The van der Waals surface area contributed by atoms with Gasteiger partial charge in [-0.05, 0) is 76.0 Å². The fourth-order valence-corrected chi connectivity index (χ4v) is 7.36. The van der Waals surface area contributed by atoms with Gasteiger partial charge in [0, 0.05) is 38.5 Å². The fourth-order valence-electron chi connectivity index (χ4n) is 7.36. The number of anilines is 3. The van der Waals surface area contributed by atoms with Crippen LogP contribution in [0.4, 0.5) is 17.1 Å². The van der Waals surface area contributed by atoms with Crippen molar-refractivity contribution in [3.63, 3.8) is 0 Å². The molecule has 3 heteroatoms. The predicted molar refractivity (Wildman–Crippen MR) is 204 cm³/mol. The summed E-state index contributed by atoms with van der Waals surface area (Å²) in [5.41, 5.74) is 11.0. The van der Waals surface area contributed by atoms with Crippen molar-refractivity contribution in [1.82, 2.24) is 0 Å². The van der Waals surface area contributed by atoms with Crippen LogP contribution in [0.15, 0.2) is 185 Å². The van der Waals surface area contributed by atoms with Gasteiger partial charge in [0.1, 0.15) is 16.7 Å². The topological polar surface area (TPSA) is 29.5 Å². The lowest BCUT2D eigenvalue weighted by Gasteiger charge is -2.28. The third kappa shape index (κ3) is 4.44. The minimum Gasteiger partial charge on any atom is -0.456 e. The van der Waals surface area contributed by atoms with Gasteiger partial charge in [-0.2, -0.15) is 0 Å². The van der Waals surface area contributed by atoms with Gasteiger partial charge in [0.05, 0.1) is 5.69 Å². The van der Waals surface area contributed by atoms with E-state index in [1.807, 2.05) is 24.3 Å². The summed E-state index contributed by atoms with van der Waals surface area (Å²) in [7, 11) is 0. The van der Waals surface area contributed by atoms with Crippen LogP contribution in [-0.4, -0.2) is 0 Å². The molecule has 49 heavy (non-hydrogen) atoms. The van der Waals surface area contributed by atoms with Gasteiger partial charge in [-0.1, -0.05) is 127 Å². The molecule has 0 amide bonds. The van der Waals surface area contributed by atoms with E-state index in [2.05, 4.69) is 157 Å². The second kappa shape index (κ2) is 11.0. The average molecular weight is 628 g/mol. The van der Waals surface area contributed by atoms with Crippen molar-refractivity contribution in [2.75, 3.05) is 4.90 Å². The molecule has 0 atom stereocenters. The molecule has 10 aromatic rings. The van der Waals surface area contributed by atoms with E-state index in [1.165, 1.54) is 21.9 Å². The maximum Gasteiger partial charge on any atom is 0.160 e. The normalized spacial score (nSPS) is 11.7. The molecule has 8 aromatic carbocycles. The Morgan fingerprint density at radius 2 is 0.980 bits per heavy atom. The third-order valence-corrected chi connectivity index (χ3v) is 9.65. The third-order valence-electron chi connectivity index (χ3n) is 9.65. The van der Waals surface area contributed by atoms with Crippen molar-refractivity contribution in [1.29, 1.82) is 0 Å². The smallest absolute Gasteiger partial charge is 0.160 e. The van der Waals surface area contributed by atoms with Crippen molar-refractivity contribution >= 4 is 71.7 Å². The van der Waals surface area contributed by atoms with Crippen LogP contribution < -0.4 is 4.90 Å². The summed E-state index contributed by atoms with van der Waals surface area (Å²) < 4.78 is 13.3. The molecule has 0 aliphatic rings. The second-order valence-corrected chi connectivity index (χ2v) is 12.5. The highest BCUT2D eigenvalue weighted by atomic mass is 16.3. The van der Waals surface area contributed by atoms with Crippen molar-refractivity contribution in [3.8, 4) is 22.3 Å². The molecule has 0 saturated heterocycles. The number of nitrogens with zero attached hydrogens (tertiary/aromatic N) is 1. The Balaban J connectivity index is 1.31. The SMILES string of the molecule is c1ccc(-c2ccc(N(c3ccc4ccccc4c3)c3c(-c4ccccc4)ccc4c3oc3ccc5oc6ccccc6c5c34)cc2)cc1. The van der Waals surface area contributed by atoms with E-state index in [0.717, 1.165) is 72.1 Å². The van der Waals surface area contributed by atoms with Crippen molar-refractivity contribution < 1.29 is 8.83 Å². The zero-order valence-corrected chi connectivity index (χ0v) is 26.5. The van der Waals surface area contributed by atoms with Gasteiger partial charge < -0.3 is 13.7 Å². The van der Waals surface area contributed by atoms with Crippen LogP contribution in [0.5, 0.6) is 0 Å². The molecule has 0 N–H and O–H groups in total. The van der Waals surface area contributed by atoms with Crippen LogP contribution in [0.1, 0.15) is 0 Å². The zero-order chi connectivity index (χ0) is 32.3. The summed E-state index contributed by atoms with van der Waals surface area (Å²) in [6.45, 7) is 0. The Morgan fingerprint density at radius 1 is 0.367 bits per heavy atom. The van der Waals surface area contributed by atoms with Gasteiger partial charge in [-0.25, -0.2) is 0 Å². The van der Waals surface area contributed by atoms with Crippen LogP contribution in [0.3, 0.4) is 0 Å².